The average Bonchev–Trinajstić information content (AvgIpc) is 2.28. The summed E-state index contributed by atoms with van der Waals surface area (Å²) in [6, 6.07) is 4.23. The number of benzene rings is 1. The summed E-state index contributed by atoms with van der Waals surface area (Å²) >= 11 is 0. The lowest BCUT2D eigenvalue weighted by molar-refractivity contribution is 0.0900. The monoisotopic (exact) mass is 237 g/mol. The molecule has 1 N–H and O–H groups in total. The normalized spacial score (nSPS) is 11.4. The molecule has 0 radical (unpaired) electrons. The highest BCUT2D eigenvalue weighted by Gasteiger charge is 2.23. The van der Waals surface area contributed by atoms with E-state index in [4.69, 9.17) is 0 Å². The first-order chi connectivity index (χ1) is 7.91. The van der Waals surface area contributed by atoms with Crippen LogP contribution in [0.1, 0.15) is 49.5 Å². The Bertz CT molecular complexity index is 411. The topological polar surface area (TPSA) is 29.1 Å². The van der Waals surface area contributed by atoms with Crippen molar-refractivity contribution in [3.8, 4) is 0 Å². The predicted octanol–water partition coefficient (Wildman–Crippen LogP) is 3.44. The Labute approximate surface area is 102 Å². The van der Waals surface area contributed by atoms with Crippen LogP contribution in [0.15, 0.2) is 18.2 Å². The van der Waals surface area contributed by atoms with Gasteiger partial charge in [-0.2, -0.15) is 0 Å². The first kappa shape index (κ1) is 13.7. The fourth-order valence-corrected chi connectivity index (χ4v) is 1.65. The first-order valence-corrected chi connectivity index (χ1v) is 6.00. The average molecular weight is 237 g/mol. The van der Waals surface area contributed by atoms with E-state index in [1.54, 1.807) is 6.92 Å². The van der Waals surface area contributed by atoms with Crippen LogP contribution in [0.4, 0.5) is 4.39 Å². The molecule has 0 unspecified atom stereocenters. The summed E-state index contributed by atoms with van der Waals surface area (Å²) in [6.07, 6.45) is 1.74. The number of aryl methyl sites for hydroxylation is 1. The van der Waals surface area contributed by atoms with Crippen molar-refractivity contribution < 1.29 is 9.18 Å². The number of halogens is 1. The van der Waals surface area contributed by atoms with Crippen LogP contribution < -0.4 is 5.32 Å². The number of carbonyl (C=O) groups excluding carboxylic acids is 1. The van der Waals surface area contributed by atoms with Gasteiger partial charge in [-0.15, -0.1) is 0 Å². The summed E-state index contributed by atoms with van der Waals surface area (Å²) < 4.78 is 12.9. The highest BCUT2D eigenvalue weighted by Crippen LogP contribution is 2.16. The van der Waals surface area contributed by atoms with Gasteiger partial charge in [0.1, 0.15) is 5.82 Å². The lowest BCUT2D eigenvalue weighted by Crippen LogP contribution is -2.45. The van der Waals surface area contributed by atoms with Crippen LogP contribution in [0, 0.1) is 12.7 Å². The molecule has 3 heteroatoms. The zero-order valence-electron chi connectivity index (χ0n) is 10.9. The van der Waals surface area contributed by atoms with E-state index in [1.165, 1.54) is 18.2 Å². The fourth-order valence-electron chi connectivity index (χ4n) is 1.65. The van der Waals surface area contributed by atoms with Crippen LogP contribution in [0.25, 0.3) is 0 Å². The summed E-state index contributed by atoms with van der Waals surface area (Å²) in [6.45, 7) is 7.85. The van der Waals surface area contributed by atoms with Gasteiger partial charge in [-0.05, 0) is 50.5 Å². The molecule has 0 fully saturated rings. The summed E-state index contributed by atoms with van der Waals surface area (Å²) in [5.41, 5.74) is 1.01. The van der Waals surface area contributed by atoms with Gasteiger partial charge in [0.2, 0.25) is 0 Å². The Hall–Kier alpha value is -1.38. The van der Waals surface area contributed by atoms with Gasteiger partial charge in [0, 0.05) is 11.1 Å². The van der Waals surface area contributed by atoms with Gasteiger partial charge in [0.05, 0.1) is 0 Å². The number of carbonyl (C=O) groups is 1. The second-order valence-electron chi connectivity index (χ2n) is 4.68. The molecule has 0 saturated carbocycles. The molecule has 0 aliphatic carbocycles. The van der Waals surface area contributed by atoms with E-state index in [0.29, 0.717) is 11.1 Å². The van der Waals surface area contributed by atoms with Crippen molar-refractivity contribution in [1.82, 2.24) is 5.32 Å². The Morgan fingerprint density at radius 2 is 1.94 bits per heavy atom. The maximum Gasteiger partial charge on any atom is 0.251 e. The van der Waals surface area contributed by atoms with Gasteiger partial charge in [-0.1, -0.05) is 13.8 Å². The summed E-state index contributed by atoms with van der Waals surface area (Å²) in [4.78, 5) is 12.1. The molecule has 94 valence electrons. The summed E-state index contributed by atoms with van der Waals surface area (Å²) in [5, 5.41) is 3.01. The maximum absolute atomic E-state index is 12.9. The molecule has 1 aromatic carbocycles. The Kier molecular flexibility index (Phi) is 4.27. The molecule has 2 nitrogen and oxygen atoms in total. The fraction of sp³-hybridized carbons (Fsp3) is 0.500. The minimum absolute atomic E-state index is 0.131. The van der Waals surface area contributed by atoms with Gasteiger partial charge in [-0.3, -0.25) is 4.79 Å². The molecule has 0 aliphatic rings. The number of amides is 1. The Morgan fingerprint density at radius 1 is 1.35 bits per heavy atom. The molecule has 0 aromatic heterocycles. The predicted molar refractivity (Wildman–Crippen MR) is 67.6 cm³/mol. The van der Waals surface area contributed by atoms with E-state index in [9.17, 15) is 9.18 Å². The highest BCUT2D eigenvalue weighted by atomic mass is 19.1. The van der Waals surface area contributed by atoms with E-state index < -0.39 is 0 Å². The SMILES string of the molecule is CCC(C)(CC)NC(=O)c1ccc(F)cc1C. The summed E-state index contributed by atoms with van der Waals surface area (Å²) in [7, 11) is 0. The van der Waals surface area contributed by atoms with Gasteiger partial charge in [-0.25, -0.2) is 4.39 Å². The third-order valence-corrected chi connectivity index (χ3v) is 3.41. The van der Waals surface area contributed by atoms with Crippen LogP contribution in [0.5, 0.6) is 0 Å². The number of hydrogen-bond donors (Lipinski definition) is 1. The van der Waals surface area contributed by atoms with E-state index in [2.05, 4.69) is 5.32 Å². The van der Waals surface area contributed by atoms with Crippen molar-refractivity contribution in [2.24, 2.45) is 0 Å². The minimum Gasteiger partial charge on any atom is -0.347 e. The van der Waals surface area contributed by atoms with Crippen LogP contribution in [-0.4, -0.2) is 11.4 Å². The third kappa shape index (κ3) is 3.29. The van der Waals surface area contributed by atoms with E-state index in [1.807, 2.05) is 20.8 Å². The van der Waals surface area contributed by atoms with Gasteiger partial charge in [0.25, 0.3) is 5.91 Å². The van der Waals surface area contributed by atoms with Crippen LogP contribution in [-0.2, 0) is 0 Å². The number of nitrogens with one attached hydrogen (secondary N) is 1. The van der Waals surface area contributed by atoms with Gasteiger partial charge < -0.3 is 5.32 Å². The first-order valence-electron chi connectivity index (χ1n) is 6.00. The van der Waals surface area contributed by atoms with Gasteiger partial charge >= 0.3 is 0 Å². The summed E-state index contributed by atoms with van der Waals surface area (Å²) in [5.74, 6) is -0.443. The molecule has 17 heavy (non-hydrogen) atoms. The minimum atomic E-state index is -0.312. The van der Waals surface area contributed by atoms with Crippen molar-refractivity contribution in [3.63, 3.8) is 0 Å². The quantitative estimate of drug-likeness (QED) is 0.854. The molecule has 0 aliphatic heterocycles. The van der Waals surface area contributed by atoms with Crippen molar-refractivity contribution >= 4 is 5.91 Å². The van der Waals surface area contributed by atoms with Crippen molar-refractivity contribution in [1.29, 1.82) is 0 Å². The molecule has 0 atom stereocenters. The Balaban J connectivity index is 2.90. The second-order valence-corrected chi connectivity index (χ2v) is 4.68. The van der Waals surface area contributed by atoms with Gasteiger partial charge in [0.15, 0.2) is 0 Å². The zero-order chi connectivity index (χ0) is 13.1. The molecular weight excluding hydrogens is 217 g/mol. The molecular formula is C14H20FNO. The molecule has 1 rings (SSSR count). The van der Waals surface area contributed by atoms with E-state index >= 15 is 0 Å². The largest absolute Gasteiger partial charge is 0.347 e. The van der Waals surface area contributed by atoms with Crippen LogP contribution >= 0.6 is 0 Å². The lowest BCUT2D eigenvalue weighted by Gasteiger charge is -2.28. The molecule has 0 bridgehead atoms. The van der Waals surface area contributed by atoms with Crippen molar-refractivity contribution in [2.75, 3.05) is 0 Å². The lowest BCUT2D eigenvalue weighted by atomic mass is 9.94. The second kappa shape index (κ2) is 5.30. The number of hydrogen-bond acceptors (Lipinski definition) is 1. The molecule has 0 saturated heterocycles. The van der Waals surface area contributed by atoms with Crippen molar-refractivity contribution in [3.05, 3.63) is 35.1 Å². The van der Waals surface area contributed by atoms with E-state index in [0.717, 1.165) is 12.8 Å². The number of rotatable bonds is 4. The molecule has 0 heterocycles. The standard InChI is InChI=1S/C14H20FNO/c1-5-14(4,6-2)16-13(17)12-8-7-11(15)9-10(12)3/h7-9H,5-6H2,1-4H3,(H,16,17). The van der Waals surface area contributed by atoms with Crippen LogP contribution in [0.2, 0.25) is 0 Å². The smallest absolute Gasteiger partial charge is 0.251 e. The van der Waals surface area contributed by atoms with E-state index in [-0.39, 0.29) is 17.3 Å². The molecule has 0 spiro atoms. The van der Waals surface area contributed by atoms with Crippen LogP contribution in [0.3, 0.4) is 0 Å². The Morgan fingerprint density at radius 3 is 2.41 bits per heavy atom. The maximum atomic E-state index is 12.9. The molecule has 1 aromatic rings. The zero-order valence-corrected chi connectivity index (χ0v) is 10.9. The molecule has 1 amide bonds. The third-order valence-electron chi connectivity index (χ3n) is 3.41. The highest BCUT2D eigenvalue weighted by molar-refractivity contribution is 5.96. The van der Waals surface area contributed by atoms with Crippen molar-refractivity contribution in [2.45, 2.75) is 46.1 Å².